The van der Waals surface area contributed by atoms with E-state index in [0.717, 1.165) is 10.8 Å². The van der Waals surface area contributed by atoms with Crippen molar-refractivity contribution in [1.29, 1.82) is 1.43 Å². The minimum Gasteiger partial charge on any atom is -0.508 e. The van der Waals surface area contributed by atoms with Gasteiger partial charge in [0.15, 0.2) is 0 Å². The molecule has 0 aliphatic heterocycles. The normalized spacial score (nSPS) is 14.5. The van der Waals surface area contributed by atoms with Crippen LogP contribution in [0.1, 0.15) is 5.48 Å². The Morgan fingerprint density at radius 2 is 1.59 bits per heavy atom. The topological polar surface area (TPSA) is 20.2 Å². The summed E-state index contributed by atoms with van der Waals surface area (Å²) in [6, 6.07) is 12.1. The maximum absolute atomic E-state index is 8.07. The third-order valence-electron chi connectivity index (χ3n) is 2.64. The van der Waals surface area contributed by atoms with E-state index in [1.807, 2.05) is 36.4 Å². The number of rotatable bonds is 2. The summed E-state index contributed by atoms with van der Waals surface area (Å²) in [5.41, 5.74) is 0.814. The lowest BCUT2D eigenvalue weighted by atomic mass is 10.0. The van der Waals surface area contributed by atoms with Crippen molar-refractivity contribution >= 4 is 10.8 Å². The summed E-state index contributed by atoms with van der Waals surface area (Å²) in [5.74, 6) is -0.362. The van der Waals surface area contributed by atoms with Gasteiger partial charge in [0.05, 0.1) is 5.48 Å². The second-order valence-electron chi connectivity index (χ2n) is 3.77. The van der Waals surface area contributed by atoms with Crippen molar-refractivity contribution in [2.45, 2.75) is 0 Å². The number of hydrogen-bond donors (Lipinski definition) is 1. The molecule has 0 radical (unpaired) electrons. The number of phenolic OH excluding ortho intramolecular Hbond substituents is 1. The lowest BCUT2D eigenvalue weighted by Gasteiger charge is -2.04. The van der Waals surface area contributed by atoms with Gasteiger partial charge >= 0.3 is 0 Å². The van der Waals surface area contributed by atoms with Gasteiger partial charge in [0.25, 0.3) is 1.43 Å². The highest BCUT2D eigenvalue weighted by Crippen LogP contribution is 2.25. The molecule has 82 valence electrons. The van der Waals surface area contributed by atoms with E-state index in [0.29, 0.717) is 5.56 Å². The first kappa shape index (κ1) is 5.87. The molecular formula is C16H12O. The van der Waals surface area contributed by atoms with Crippen molar-refractivity contribution < 1.29 is 10.6 Å². The van der Waals surface area contributed by atoms with E-state index in [2.05, 4.69) is 5.11 Å². The van der Waals surface area contributed by atoms with E-state index >= 15 is 0 Å². The molecule has 3 aromatic carbocycles. The van der Waals surface area contributed by atoms with Crippen LogP contribution in [-0.2, 0) is 0 Å². The summed E-state index contributed by atoms with van der Waals surface area (Å²) < 4.78 is 38.7. The van der Waals surface area contributed by atoms with Crippen LogP contribution in [0.5, 0.6) is 5.75 Å². The zero-order valence-electron chi connectivity index (χ0n) is 13.9. The second-order valence-corrected chi connectivity index (χ2v) is 3.77. The van der Waals surface area contributed by atoms with Crippen LogP contribution >= 0.6 is 0 Å². The van der Waals surface area contributed by atoms with Gasteiger partial charge in [-0.25, -0.2) is 0 Å². The van der Waals surface area contributed by atoms with Crippen LogP contribution in [0.15, 0.2) is 66.6 Å². The Bertz CT molecular complexity index is 847. The molecule has 0 amide bonds. The third kappa shape index (κ3) is 1.87. The fourth-order valence-corrected chi connectivity index (χ4v) is 1.79. The van der Waals surface area contributed by atoms with Crippen molar-refractivity contribution in [3.8, 4) is 16.9 Å². The Hall–Kier alpha value is -2.28. The highest BCUT2D eigenvalue weighted by atomic mass is 16.3. The van der Waals surface area contributed by atoms with Gasteiger partial charge in [-0.05, 0) is 40.1 Å². The Kier molecular flexibility index (Phi) is 1.36. The molecule has 0 saturated heterocycles. The van der Waals surface area contributed by atoms with Gasteiger partial charge in [0, 0.05) is 0 Å². The number of benzene rings is 3. The van der Waals surface area contributed by atoms with Crippen molar-refractivity contribution in [2.24, 2.45) is 0 Å². The van der Waals surface area contributed by atoms with Crippen LogP contribution in [-0.4, -0.2) is 6.54 Å². The molecule has 0 unspecified atom stereocenters. The molecule has 1 heteroatoms. The van der Waals surface area contributed by atoms with E-state index in [1.54, 1.807) is 6.07 Å². The standard InChI is InChI=1S/C16H12O/c17-16-9-7-13(8-10-16)15-6-5-12-3-1-2-4-14(12)11-15/h1-11,17H/i7D,8D,9D,10D/hD. The van der Waals surface area contributed by atoms with Gasteiger partial charge in [-0.3, -0.25) is 0 Å². The molecule has 3 rings (SSSR count). The number of aromatic hydroxyl groups is 1. The second kappa shape index (κ2) is 3.95. The van der Waals surface area contributed by atoms with Crippen LogP contribution < -0.4 is 0 Å². The molecule has 1 nitrogen and oxygen atoms in total. The van der Waals surface area contributed by atoms with Crippen molar-refractivity contribution in [1.82, 2.24) is 0 Å². The Morgan fingerprint density at radius 3 is 2.35 bits per heavy atom. The van der Waals surface area contributed by atoms with E-state index in [4.69, 9.17) is 6.91 Å². The molecule has 17 heavy (non-hydrogen) atoms. The first-order chi connectivity index (χ1) is 10.5. The quantitative estimate of drug-likeness (QED) is 0.692. The van der Waals surface area contributed by atoms with Gasteiger partial charge < -0.3 is 5.11 Å². The van der Waals surface area contributed by atoms with Gasteiger partial charge in [-0.2, -0.15) is 0 Å². The fourth-order valence-electron chi connectivity index (χ4n) is 1.79. The Labute approximate surface area is 107 Å². The van der Waals surface area contributed by atoms with Gasteiger partial charge in [0.1, 0.15) is 5.75 Å². The molecule has 0 heterocycles. The van der Waals surface area contributed by atoms with Crippen LogP contribution in [0.3, 0.4) is 0 Å². The van der Waals surface area contributed by atoms with E-state index in [-0.39, 0.29) is 35.5 Å². The third-order valence-corrected chi connectivity index (χ3v) is 2.64. The molecule has 3 aromatic rings. The summed E-state index contributed by atoms with van der Waals surface area (Å²) in [6.07, 6.45) is 0. The molecule has 0 saturated carbocycles. The van der Waals surface area contributed by atoms with Gasteiger partial charge in [-0.15, -0.1) is 0 Å². The molecule has 0 aliphatic rings. The van der Waals surface area contributed by atoms with E-state index in [9.17, 15) is 0 Å². The largest absolute Gasteiger partial charge is 0.508 e. The molecule has 0 atom stereocenters. The zero-order chi connectivity index (χ0) is 15.9. The number of fused-ring (bicyclic) bond motifs is 1. The predicted molar refractivity (Wildman–Crippen MR) is 71.0 cm³/mol. The van der Waals surface area contributed by atoms with Crippen molar-refractivity contribution in [3.05, 3.63) is 66.6 Å². The smallest absolute Gasteiger partial charge is 0.293 e. The predicted octanol–water partition coefficient (Wildman–Crippen LogP) is 4.21. The van der Waals surface area contributed by atoms with Crippen molar-refractivity contribution in [3.63, 3.8) is 0 Å². The first-order valence-electron chi connectivity index (χ1n) is 7.68. The molecule has 0 aliphatic carbocycles. The van der Waals surface area contributed by atoms with E-state index < -0.39 is 0 Å². The van der Waals surface area contributed by atoms with Crippen molar-refractivity contribution in [2.75, 3.05) is 0 Å². The lowest BCUT2D eigenvalue weighted by Crippen LogP contribution is -1.78. The SMILES string of the molecule is [2H]Oc1c([2H])c([2H])c(-c2ccc3ccccc3c2)c([2H])c1[2H]. The zero-order valence-corrected chi connectivity index (χ0v) is 8.95. The van der Waals surface area contributed by atoms with Gasteiger partial charge in [0.2, 0.25) is 0 Å². The summed E-state index contributed by atoms with van der Waals surface area (Å²) >= 11 is 0. The summed E-state index contributed by atoms with van der Waals surface area (Å²) in [7, 11) is 0. The Balaban J connectivity index is 2.30. The van der Waals surface area contributed by atoms with Crippen LogP contribution in [0.4, 0.5) is 0 Å². The summed E-state index contributed by atoms with van der Waals surface area (Å²) in [4.78, 5) is 0. The number of hydrogen-bond acceptors (Lipinski definition) is 1. The average molecular weight is 225 g/mol. The molecule has 0 bridgehead atoms. The lowest BCUT2D eigenvalue weighted by molar-refractivity contribution is 0.475. The maximum atomic E-state index is 8.07. The molecule has 0 aromatic heterocycles. The van der Waals surface area contributed by atoms with Crippen LogP contribution in [0, 0.1) is 0 Å². The molecule has 0 spiro atoms. The molecular weight excluding hydrogens is 208 g/mol. The van der Waals surface area contributed by atoms with Gasteiger partial charge in [-0.1, -0.05) is 48.5 Å². The summed E-state index contributed by atoms with van der Waals surface area (Å²) in [6.45, 7) is 0. The average Bonchev–Trinajstić information content (AvgIpc) is 2.54. The van der Waals surface area contributed by atoms with Crippen LogP contribution in [0.2, 0.25) is 0 Å². The maximum Gasteiger partial charge on any atom is 0.293 e. The summed E-state index contributed by atoms with van der Waals surface area (Å²) in [5, 5.41) is 6.22. The van der Waals surface area contributed by atoms with Crippen LogP contribution in [0.25, 0.3) is 21.9 Å². The Morgan fingerprint density at radius 1 is 0.824 bits per heavy atom. The minimum atomic E-state index is -0.362. The molecule has 1 N–H and O–H groups in total. The highest BCUT2D eigenvalue weighted by Gasteiger charge is 1.99. The fraction of sp³-hybridized carbons (Fsp3) is 0. The van der Waals surface area contributed by atoms with E-state index in [1.165, 1.54) is 0 Å². The highest BCUT2D eigenvalue weighted by molar-refractivity contribution is 5.87. The number of phenols is 1. The monoisotopic (exact) mass is 225 g/mol. The first-order valence-corrected chi connectivity index (χ1v) is 5.27. The molecule has 0 fully saturated rings. The minimum absolute atomic E-state index is 0.210.